The summed E-state index contributed by atoms with van der Waals surface area (Å²) in [7, 11) is 0. The molecule has 3 nitrogen and oxygen atoms in total. The van der Waals surface area contributed by atoms with Gasteiger partial charge in [0.05, 0.1) is 5.69 Å². The molecule has 0 fully saturated rings. The highest BCUT2D eigenvalue weighted by molar-refractivity contribution is 4.92. The van der Waals surface area contributed by atoms with E-state index in [2.05, 4.69) is 44.2 Å². The molecule has 1 aromatic heterocycles. The second-order valence-electron chi connectivity index (χ2n) is 6.15. The van der Waals surface area contributed by atoms with Gasteiger partial charge in [-0.2, -0.15) is 0 Å². The van der Waals surface area contributed by atoms with Crippen LogP contribution >= 0.6 is 0 Å². The van der Waals surface area contributed by atoms with Crippen molar-refractivity contribution in [2.45, 2.75) is 72.8 Å². The average Bonchev–Trinajstić information content (AvgIpc) is 2.72. The Balaban J connectivity index is 2.17. The molecule has 18 heavy (non-hydrogen) atoms. The lowest BCUT2D eigenvalue weighted by molar-refractivity contribution is 0.482. The fourth-order valence-electron chi connectivity index (χ4n) is 2.08. The highest BCUT2D eigenvalue weighted by atomic mass is 15.4. The summed E-state index contributed by atoms with van der Waals surface area (Å²) in [6, 6.07) is 0. The van der Waals surface area contributed by atoms with Crippen LogP contribution in [0.1, 0.15) is 65.5 Å². The van der Waals surface area contributed by atoms with Crippen LogP contribution in [0, 0.1) is 11.8 Å². The molecule has 0 saturated carbocycles. The lowest BCUT2D eigenvalue weighted by Crippen LogP contribution is -2.00. The van der Waals surface area contributed by atoms with Crippen LogP contribution in [0.25, 0.3) is 0 Å². The first-order valence-electron chi connectivity index (χ1n) is 7.47. The van der Waals surface area contributed by atoms with Crippen LogP contribution in [0.2, 0.25) is 0 Å². The van der Waals surface area contributed by atoms with E-state index in [9.17, 15) is 0 Å². The molecular formula is C15H29N3. The summed E-state index contributed by atoms with van der Waals surface area (Å²) in [5, 5.41) is 8.44. The van der Waals surface area contributed by atoms with E-state index in [4.69, 9.17) is 0 Å². The number of aromatic nitrogens is 3. The van der Waals surface area contributed by atoms with Gasteiger partial charge in [-0.15, -0.1) is 5.10 Å². The second-order valence-corrected chi connectivity index (χ2v) is 6.15. The number of rotatable bonds is 9. The Labute approximate surface area is 112 Å². The predicted octanol–water partition coefficient (Wildman–Crippen LogP) is 4.08. The van der Waals surface area contributed by atoms with Crippen LogP contribution < -0.4 is 0 Å². The molecule has 0 aromatic carbocycles. The van der Waals surface area contributed by atoms with Crippen LogP contribution in [0.3, 0.4) is 0 Å². The molecule has 0 radical (unpaired) electrons. The van der Waals surface area contributed by atoms with Gasteiger partial charge >= 0.3 is 0 Å². The Hall–Kier alpha value is -0.860. The molecule has 3 heteroatoms. The first-order chi connectivity index (χ1) is 8.58. The largest absolute Gasteiger partial charge is 0.252 e. The summed E-state index contributed by atoms with van der Waals surface area (Å²) in [6.07, 6.45) is 9.53. The summed E-state index contributed by atoms with van der Waals surface area (Å²) in [4.78, 5) is 0. The molecule has 0 N–H and O–H groups in total. The van der Waals surface area contributed by atoms with Gasteiger partial charge in [0, 0.05) is 12.7 Å². The fraction of sp³-hybridized carbons (Fsp3) is 0.867. The van der Waals surface area contributed by atoms with Gasteiger partial charge in [-0.1, -0.05) is 45.7 Å². The molecule has 0 saturated heterocycles. The molecule has 1 rings (SSSR count). The molecular weight excluding hydrogens is 222 g/mol. The molecule has 0 aliphatic rings. The van der Waals surface area contributed by atoms with Crippen molar-refractivity contribution in [2.75, 3.05) is 0 Å². The number of hydrogen-bond donors (Lipinski definition) is 0. The van der Waals surface area contributed by atoms with Gasteiger partial charge in [-0.25, -0.2) is 0 Å². The summed E-state index contributed by atoms with van der Waals surface area (Å²) in [5.74, 6) is 1.60. The maximum atomic E-state index is 4.24. The SMILES string of the molecule is CC(C)CCCCc1cn(CCCC(C)C)nn1. The Bertz CT molecular complexity index is 315. The topological polar surface area (TPSA) is 30.7 Å². The van der Waals surface area contributed by atoms with Crippen molar-refractivity contribution < 1.29 is 0 Å². The second kappa shape index (κ2) is 8.28. The average molecular weight is 251 g/mol. The maximum absolute atomic E-state index is 4.24. The predicted molar refractivity (Wildman–Crippen MR) is 76.5 cm³/mol. The standard InChI is InChI=1S/C15H29N3/c1-13(2)8-5-6-10-15-12-18(17-16-15)11-7-9-14(3)4/h12-14H,5-11H2,1-4H3. The molecule has 0 aliphatic heterocycles. The molecule has 0 bridgehead atoms. The Morgan fingerprint density at radius 2 is 1.67 bits per heavy atom. The van der Waals surface area contributed by atoms with Gasteiger partial charge in [0.15, 0.2) is 0 Å². The Kier molecular flexibility index (Phi) is 6.99. The van der Waals surface area contributed by atoms with Crippen LogP contribution in [0.4, 0.5) is 0 Å². The van der Waals surface area contributed by atoms with Gasteiger partial charge in [0.1, 0.15) is 0 Å². The van der Waals surface area contributed by atoms with Crippen molar-refractivity contribution in [2.24, 2.45) is 11.8 Å². The highest BCUT2D eigenvalue weighted by Gasteiger charge is 2.02. The van der Waals surface area contributed by atoms with Crippen LogP contribution in [0.15, 0.2) is 6.20 Å². The van der Waals surface area contributed by atoms with Crippen molar-refractivity contribution in [3.05, 3.63) is 11.9 Å². The van der Waals surface area contributed by atoms with Crippen molar-refractivity contribution in [1.82, 2.24) is 15.0 Å². The minimum absolute atomic E-state index is 0.782. The minimum atomic E-state index is 0.782. The van der Waals surface area contributed by atoms with Crippen molar-refractivity contribution in [3.8, 4) is 0 Å². The first kappa shape index (κ1) is 15.2. The highest BCUT2D eigenvalue weighted by Crippen LogP contribution is 2.09. The molecule has 0 spiro atoms. The zero-order valence-corrected chi connectivity index (χ0v) is 12.5. The summed E-state index contributed by atoms with van der Waals surface area (Å²) in [6.45, 7) is 10.1. The van der Waals surface area contributed by atoms with Gasteiger partial charge in [-0.3, -0.25) is 4.68 Å². The third-order valence-electron chi connectivity index (χ3n) is 3.22. The normalized spacial score (nSPS) is 11.7. The lowest BCUT2D eigenvalue weighted by atomic mass is 10.0. The van der Waals surface area contributed by atoms with Crippen LogP contribution in [0.5, 0.6) is 0 Å². The molecule has 1 aromatic rings. The minimum Gasteiger partial charge on any atom is -0.252 e. The van der Waals surface area contributed by atoms with Gasteiger partial charge in [0.2, 0.25) is 0 Å². The molecule has 0 aliphatic carbocycles. The van der Waals surface area contributed by atoms with E-state index in [0.29, 0.717) is 0 Å². The Morgan fingerprint density at radius 3 is 2.33 bits per heavy atom. The van der Waals surface area contributed by atoms with Crippen molar-refractivity contribution >= 4 is 0 Å². The van der Waals surface area contributed by atoms with Crippen molar-refractivity contribution in [1.29, 1.82) is 0 Å². The zero-order chi connectivity index (χ0) is 13.4. The molecule has 104 valence electrons. The van der Waals surface area contributed by atoms with Crippen LogP contribution in [-0.4, -0.2) is 15.0 Å². The van der Waals surface area contributed by atoms with E-state index in [1.807, 2.05) is 4.68 Å². The molecule has 0 atom stereocenters. The quantitative estimate of drug-likeness (QED) is 0.619. The molecule has 0 unspecified atom stereocenters. The number of nitrogens with zero attached hydrogens (tertiary/aromatic N) is 3. The van der Waals surface area contributed by atoms with E-state index in [0.717, 1.165) is 30.5 Å². The number of aryl methyl sites for hydroxylation is 2. The first-order valence-corrected chi connectivity index (χ1v) is 7.47. The number of unbranched alkanes of at least 4 members (excludes halogenated alkanes) is 1. The summed E-state index contributed by atoms with van der Waals surface area (Å²) >= 11 is 0. The van der Waals surface area contributed by atoms with Gasteiger partial charge in [-0.05, 0) is 37.5 Å². The lowest BCUT2D eigenvalue weighted by Gasteiger charge is -2.03. The van der Waals surface area contributed by atoms with Gasteiger partial charge < -0.3 is 0 Å². The summed E-state index contributed by atoms with van der Waals surface area (Å²) in [5.41, 5.74) is 1.16. The monoisotopic (exact) mass is 251 g/mol. The van der Waals surface area contributed by atoms with Crippen LogP contribution in [-0.2, 0) is 13.0 Å². The number of hydrogen-bond acceptors (Lipinski definition) is 2. The van der Waals surface area contributed by atoms with E-state index in [-0.39, 0.29) is 0 Å². The van der Waals surface area contributed by atoms with E-state index in [1.165, 1.54) is 32.1 Å². The summed E-state index contributed by atoms with van der Waals surface area (Å²) < 4.78 is 2.00. The smallest absolute Gasteiger partial charge is 0.0827 e. The molecule has 1 heterocycles. The molecule has 0 amide bonds. The van der Waals surface area contributed by atoms with E-state index in [1.54, 1.807) is 0 Å². The fourth-order valence-corrected chi connectivity index (χ4v) is 2.08. The van der Waals surface area contributed by atoms with E-state index < -0.39 is 0 Å². The van der Waals surface area contributed by atoms with E-state index >= 15 is 0 Å². The van der Waals surface area contributed by atoms with Crippen molar-refractivity contribution in [3.63, 3.8) is 0 Å². The third kappa shape index (κ3) is 6.77. The Morgan fingerprint density at radius 1 is 1.00 bits per heavy atom. The third-order valence-corrected chi connectivity index (χ3v) is 3.22. The zero-order valence-electron chi connectivity index (χ0n) is 12.5. The van der Waals surface area contributed by atoms with Gasteiger partial charge in [0.25, 0.3) is 0 Å². The maximum Gasteiger partial charge on any atom is 0.0827 e.